The number of nitrogens with one attached hydrogen (secondary N) is 1. The summed E-state index contributed by atoms with van der Waals surface area (Å²) in [4.78, 5) is 27.1. The molecule has 2 amide bonds. The highest BCUT2D eigenvalue weighted by atomic mass is 16.5. The zero-order valence-corrected chi connectivity index (χ0v) is 17.9. The second kappa shape index (κ2) is 10.1. The summed E-state index contributed by atoms with van der Waals surface area (Å²) in [6.07, 6.45) is 1.34. The number of ether oxygens (including phenoxy) is 2. The van der Waals surface area contributed by atoms with Gasteiger partial charge in [-0.15, -0.1) is 0 Å². The molecule has 6 heteroatoms. The van der Waals surface area contributed by atoms with Crippen LogP contribution in [0.3, 0.4) is 0 Å². The van der Waals surface area contributed by atoms with Gasteiger partial charge in [0, 0.05) is 24.6 Å². The fourth-order valence-corrected chi connectivity index (χ4v) is 3.58. The van der Waals surface area contributed by atoms with Gasteiger partial charge in [0.05, 0.1) is 13.2 Å². The fraction of sp³-hybridized carbons (Fsp3) is 0.417. The number of carbonyl (C=O) groups is 2. The average Bonchev–Trinajstić information content (AvgIpc) is 2.78. The van der Waals surface area contributed by atoms with Gasteiger partial charge in [0.25, 0.3) is 5.91 Å². The minimum atomic E-state index is -0.130. The number of likely N-dealkylation sites (tertiary alicyclic amines) is 1. The van der Waals surface area contributed by atoms with Crippen LogP contribution in [0, 0.1) is 12.8 Å². The van der Waals surface area contributed by atoms with Crippen LogP contribution < -0.4 is 14.8 Å². The lowest BCUT2D eigenvalue weighted by Crippen LogP contribution is -2.46. The first-order chi connectivity index (χ1) is 14.5. The van der Waals surface area contributed by atoms with Crippen molar-refractivity contribution < 1.29 is 19.1 Å². The van der Waals surface area contributed by atoms with E-state index in [1.54, 1.807) is 7.11 Å². The molecule has 0 aromatic heterocycles. The smallest absolute Gasteiger partial charge is 0.253 e. The highest BCUT2D eigenvalue weighted by Gasteiger charge is 2.28. The number of hydrogen-bond acceptors (Lipinski definition) is 4. The largest absolute Gasteiger partial charge is 0.493 e. The van der Waals surface area contributed by atoms with Crippen molar-refractivity contribution in [3.05, 3.63) is 59.7 Å². The zero-order valence-electron chi connectivity index (χ0n) is 17.9. The van der Waals surface area contributed by atoms with E-state index in [4.69, 9.17) is 9.47 Å². The van der Waals surface area contributed by atoms with Crippen LogP contribution in [0.2, 0.25) is 0 Å². The molecule has 0 aliphatic carbocycles. The van der Waals surface area contributed by atoms with Gasteiger partial charge >= 0.3 is 0 Å². The molecule has 2 aromatic carbocycles. The predicted molar refractivity (Wildman–Crippen MR) is 116 cm³/mol. The van der Waals surface area contributed by atoms with Gasteiger partial charge in [0.15, 0.2) is 11.5 Å². The van der Waals surface area contributed by atoms with Crippen molar-refractivity contribution in [2.45, 2.75) is 32.7 Å². The van der Waals surface area contributed by atoms with Crippen molar-refractivity contribution in [3.63, 3.8) is 0 Å². The van der Waals surface area contributed by atoms with E-state index >= 15 is 0 Å². The first kappa shape index (κ1) is 21.7. The highest BCUT2D eigenvalue weighted by Crippen LogP contribution is 2.26. The molecule has 1 N–H and O–H groups in total. The molecule has 30 heavy (non-hydrogen) atoms. The number of piperidine rings is 1. The van der Waals surface area contributed by atoms with E-state index in [9.17, 15) is 9.59 Å². The Hall–Kier alpha value is -3.02. The highest BCUT2D eigenvalue weighted by molar-refractivity contribution is 5.94. The predicted octanol–water partition coefficient (Wildman–Crippen LogP) is 3.44. The minimum absolute atomic E-state index is 0.0218. The monoisotopic (exact) mass is 410 g/mol. The number of methoxy groups -OCH3 is 1. The minimum Gasteiger partial charge on any atom is -0.493 e. The van der Waals surface area contributed by atoms with Crippen molar-refractivity contribution >= 4 is 11.8 Å². The van der Waals surface area contributed by atoms with E-state index in [-0.39, 0.29) is 23.8 Å². The summed E-state index contributed by atoms with van der Waals surface area (Å²) in [5, 5.41) is 3.03. The van der Waals surface area contributed by atoms with Crippen LogP contribution in [0.1, 0.15) is 35.7 Å². The van der Waals surface area contributed by atoms with Crippen LogP contribution in [0.15, 0.2) is 48.5 Å². The maximum atomic E-state index is 12.6. The molecular formula is C24H30N2O4. The van der Waals surface area contributed by atoms with E-state index in [1.807, 2.05) is 67.3 Å². The quantitative estimate of drug-likeness (QED) is 0.759. The summed E-state index contributed by atoms with van der Waals surface area (Å²) < 4.78 is 11.1. The Morgan fingerprint density at radius 3 is 2.33 bits per heavy atom. The van der Waals surface area contributed by atoms with Gasteiger partial charge in [0.2, 0.25) is 5.91 Å². The lowest BCUT2D eigenvalue weighted by Gasteiger charge is -2.32. The van der Waals surface area contributed by atoms with Crippen molar-refractivity contribution in [2.24, 2.45) is 5.92 Å². The summed E-state index contributed by atoms with van der Waals surface area (Å²) in [6.45, 7) is 5.47. The molecule has 1 saturated heterocycles. The second-order valence-electron chi connectivity index (χ2n) is 7.80. The van der Waals surface area contributed by atoms with Crippen molar-refractivity contribution in [1.82, 2.24) is 10.2 Å². The SMILES string of the molecule is COc1ccccc1OCC(C)NC(=O)C1CCN(C(=O)c2ccc(C)cc2)CC1. The molecule has 160 valence electrons. The molecule has 1 unspecified atom stereocenters. The van der Waals surface area contributed by atoms with Crippen molar-refractivity contribution in [1.29, 1.82) is 0 Å². The van der Waals surface area contributed by atoms with Gasteiger partial charge < -0.3 is 19.7 Å². The molecule has 1 fully saturated rings. The molecule has 2 aromatic rings. The maximum absolute atomic E-state index is 12.6. The van der Waals surface area contributed by atoms with Crippen LogP contribution in [0.4, 0.5) is 0 Å². The summed E-state index contributed by atoms with van der Waals surface area (Å²) in [7, 11) is 1.60. The summed E-state index contributed by atoms with van der Waals surface area (Å²) in [5.41, 5.74) is 1.83. The third kappa shape index (κ3) is 5.53. The summed E-state index contributed by atoms with van der Waals surface area (Å²) >= 11 is 0. The molecule has 1 atom stereocenters. The Morgan fingerprint density at radius 2 is 1.70 bits per heavy atom. The molecule has 1 heterocycles. The number of benzene rings is 2. The van der Waals surface area contributed by atoms with Gasteiger partial charge in [-0.25, -0.2) is 0 Å². The Balaban J connectivity index is 1.44. The van der Waals surface area contributed by atoms with Gasteiger partial charge in [0.1, 0.15) is 6.61 Å². The molecule has 6 nitrogen and oxygen atoms in total. The summed E-state index contributed by atoms with van der Waals surface area (Å²) in [6, 6.07) is 14.9. The third-order valence-electron chi connectivity index (χ3n) is 5.40. The van der Waals surface area contributed by atoms with E-state index in [0.717, 1.165) is 5.56 Å². The average molecular weight is 411 g/mol. The summed E-state index contributed by atoms with van der Waals surface area (Å²) in [5.74, 6) is 1.30. The number of carbonyl (C=O) groups excluding carboxylic acids is 2. The van der Waals surface area contributed by atoms with Gasteiger partial charge in [-0.1, -0.05) is 29.8 Å². The van der Waals surface area contributed by atoms with E-state index in [1.165, 1.54) is 0 Å². The number of para-hydroxylation sites is 2. The first-order valence-electron chi connectivity index (χ1n) is 10.4. The third-order valence-corrected chi connectivity index (χ3v) is 5.40. The molecule has 0 bridgehead atoms. The zero-order chi connectivity index (χ0) is 21.5. The maximum Gasteiger partial charge on any atom is 0.253 e. The number of rotatable bonds is 7. The molecule has 0 radical (unpaired) electrons. The molecule has 1 aliphatic rings. The Labute approximate surface area is 178 Å². The van der Waals surface area contributed by atoms with Crippen LogP contribution in [0.5, 0.6) is 11.5 Å². The van der Waals surface area contributed by atoms with E-state index < -0.39 is 0 Å². The van der Waals surface area contributed by atoms with Crippen LogP contribution in [0.25, 0.3) is 0 Å². The lowest BCUT2D eigenvalue weighted by molar-refractivity contribution is -0.127. The van der Waals surface area contributed by atoms with E-state index in [0.29, 0.717) is 49.6 Å². The van der Waals surface area contributed by atoms with Crippen LogP contribution in [-0.4, -0.2) is 49.6 Å². The Bertz CT molecular complexity index is 858. The molecule has 3 rings (SSSR count). The topological polar surface area (TPSA) is 67.9 Å². The number of hydrogen-bond donors (Lipinski definition) is 1. The van der Waals surface area contributed by atoms with E-state index in [2.05, 4.69) is 5.32 Å². The molecule has 0 saturated carbocycles. The molecule has 1 aliphatic heterocycles. The number of amides is 2. The van der Waals surface area contributed by atoms with Gasteiger partial charge in [-0.2, -0.15) is 0 Å². The van der Waals surface area contributed by atoms with Crippen LogP contribution in [-0.2, 0) is 4.79 Å². The van der Waals surface area contributed by atoms with Crippen molar-refractivity contribution in [2.75, 3.05) is 26.8 Å². The van der Waals surface area contributed by atoms with Crippen molar-refractivity contribution in [3.8, 4) is 11.5 Å². The Kier molecular flexibility index (Phi) is 7.33. The number of nitrogens with zero attached hydrogens (tertiary/aromatic N) is 1. The Morgan fingerprint density at radius 1 is 1.07 bits per heavy atom. The normalized spacial score (nSPS) is 15.4. The standard InChI is InChI=1S/C24H30N2O4/c1-17-8-10-20(11-9-17)24(28)26-14-12-19(13-15-26)23(27)25-18(2)16-30-22-7-5-4-6-21(22)29-3/h4-11,18-19H,12-16H2,1-3H3,(H,25,27). The molecule has 0 spiro atoms. The fourth-order valence-electron chi connectivity index (χ4n) is 3.58. The first-order valence-corrected chi connectivity index (χ1v) is 10.4. The molecular weight excluding hydrogens is 380 g/mol. The number of aryl methyl sites for hydroxylation is 1. The van der Waals surface area contributed by atoms with Gasteiger partial charge in [-0.3, -0.25) is 9.59 Å². The van der Waals surface area contributed by atoms with Gasteiger partial charge in [-0.05, 0) is 51.0 Å². The lowest BCUT2D eigenvalue weighted by atomic mass is 9.95. The van der Waals surface area contributed by atoms with Crippen LogP contribution >= 0.6 is 0 Å². The second-order valence-corrected chi connectivity index (χ2v) is 7.80.